The van der Waals surface area contributed by atoms with Crippen LogP contribution in [0.25, 0.3) is 0 Å². The van der Waals surface area contributed by atoms with Gasteiger partial charge >= 0.3 is 14.4 Å². The van der Waals surface area contributed by atoms with Gasteiger partial charge in [-0.15, -0.1) is 0 Å². The molecule has 98 valence electrons. The molecule has 10 heteroatoms. The van der Waals surface area contributed by atoms with Crippen molar-refractivity contribution in [2.24, 2.45) is 0 Å². The fourth-order valence-electron chi connectivity index (χ4n) is 0.723. The SMILES string of the molecule is Fc1cccc(C(F)(F)F)c1F.O=S(=O)(Cl)Cl. The first-order valence-electron chi connectivity index (χ1n) is 3.58. The minimum atomic E-state index is -4.84. The highest BCUT2D eigenvalue weighted by Gasteiger charge is 2.34. The molecule has 0 N–H and O–H groups in total. The highest BCUT2D eigenvalue weighted by Crippen LogP contribution is 2.31. The highest BCUT2D eigenvalue weighted by molar-refractivity contribution is 8.31. The topological polar surface area (TPSA) is 34.1 Å². The van der Waals surface area contributed by atoms with Crippen molar-refractivity contribution in [1.29, 1.82) is 0 Å². The predicted octanol–water partition coefficient (Wildman–Crippen LogP) is 3.69. The molecule has 1 rings (SSSR count). The first kappa shape index (κ1) is 16.4. The van der Waals surface area contributed by atoms with Crippen LogP contribution in [0.3, 0.4) is 0 Å². The van der Waals surface area contributed by atoms with Gasteiger partial charge in [0.05, 0.1) is 5.56 Å². The first-order chi connectivity index (χ1) is 7.43. The molecule has 0 spiro atoms. The third-order valence-corrected chi connectivity index (χ3v) is 1.26. The number of benzene rings is 1. The molecular formula is C7H3Cl2F5O2S. The molecule has 0 unspecified atom stereocenters. The molecule has 0 fully saturated rings. The molecule has 0 heterocycles. The summed E-state index contributed by atoms with van der Waals surface area (Å²) in [5.74, 6) is -3.35. The van der Waals surface area contributed by atoms with Gasteiger partial charge in [0.25, 0.3) is 0 Å². The second-order valence-electron chi connectivity index (χ2n) is 2.48. The molecule has 0 aliphatic heterocycles. The monoisotopic (exact) mass is 316 g/mol. The standard InChI is InChI=1S/C7H3F5.Cl2O2S/c8-5-3-1-2-4(6(5)9)7(10,11)12;1-5(2,3)4/h1-3H;. The van der Waals surface area contributed by atoms with Gasteiger partial charge < -0.3 is 0 Å². The van der Waals surface area contributed by atoms with Crippen molar-refractivity contribution in [2.45, 2.75) is 6.18 Å². The molecule has 1 aromatic carbocycles. The van der Waals surface area contributed by atoms with E-state index in [0.29, 0.717) is 12.1 Å². The minimum absolute atomic E-state index is 0.485. The van der Waals surface area contributed by atoms with E-state index in [-0.39, 0.29) is 0 Å². The summed E-state index contributed by atoms with van der Waals surface area (Å²) in [6.45, 7) is 0. The average Bonchev–Trinajstić information content (AvgIpc) is 2.04. The molecule has 0 radical (unpaired) electrons. The average molecular weight is 317 g/mol. The Morgan fingerprint density at radius 2 is 1.47 bits per heavy atom. The van der Waals surface area contributed by atoms with E-state index in [1.54, 1.807) is 0 Å². The van der Waals surface area contributed by atoms with Crippen molar-refractivity contribution in [1.82, 2.24) is 0 Å². The van der Waals surface area contributed by atoms with E-state index >= 15 is 0 Å². The molecule has 0 aromatic heterocycles. The van der Waals surface area contributed by atoms with Gasteiger partial charge in [0.2, 0.25) is 0 Å². The summed E-state index contributed by atoms with van der Waals surface area (Å²) in [7, 11) is 4.81. The predicted molar refractivity (Wildman–Crippen MR) is 52.0 cm³/mol. The lowest BCUT2D eigenvalue weighted by atomic mass is 10.2. The van der Waals surface area contributed by atoms with Crippen LogP contribution in [0, 0.1) is 11.6 Å². The maximum absolute atomic E-state index is 12.4. The van der Waals surface area contributed by atoms with Crippen molar-refractivity contribution in [3.8, 4) is 0 Å². The zero-order valence-electron chi connectivity index (χ0n) is 7.60. The smallest absolute Gasteiger partial charge is 0.204 e. The Balaban J connectivity index is 0.000000437. The van der Waals surface area contributed by atoms with Gasteiger partial charge in [0.1, 0.15) is 0 Å². The molecule has 0 atom stereocenters. The number of hydrogen-bond donors (Lipinski definition) is 0. The summed E-state index contributed by atoms with van der Waals surface area (Å²) in [4.78, 5) is 0. The van der Waals surface area contributed by atoms with Gasteiger partial charge in [-0.25, -0.2) is 8.78 Å². The molecule has 0 saturated carbocycles. The van der Waals surface area contributed by atoms with Crippen LogP contribution in [-0.2, 0) is 14.4 Å². The van der Waals surface area contributed by atoms with E-state index < -0.39 is 31.6 Å². The van der Waals surface area contributed by atoms with Gasteiger partial charge in [-0.2, -0.15) is 21.6 Å². The second kappa shape index (κ2) is 5.83. The van der Waals surface area contributed by atoms with Crippen molar-refractivity contribution < 1.29 is 30.4 Å². The molecular weight excluding hydrogens is 314 g/mol. The van der Waals surface area contributed by atoms with Gasteiger partial charge in [0, 0.05) is 21.4 Å². The Kier molecular flexibility index (Phi) is 5.63. The van der Waals surface area contributed by atoms with E-state index in [1.165, 1.54) is 0 Å². The van der Waals surface area contributed by atoms with E-state index in [2.05, 4.69) is 21.4 Å². The molecule has 2 nitrogen and oxygen atoms in total. The lowest BCUT2D eigenvalue weighted by molar-refractivity contribution is -0.140. The second-order valence-corrected chi connectivity index (χ2v) is 6.15. The zero-order chi connectivity index (χ0) is 13.9. The number of rotatable bonds is 0. The molecule has 0 aliphatic rings. The number of hydrogen-bond acceptors (Lipinski definition) is 2. The summed E-state index contributed by atoms with van der Waals surface area (Å²) >= 11 is 0. The summed E-state index contributed by atoms with van der Waals surface area (Å²) in [6.07, 6.45) is -4.84. The van der Waals surface area contributed by atoms with E-state index in [0.717, 1.165) is 6.07 Å². The highest BCUT2D eigenvalue weighted by atomic mass is 36.0. The Bertz CT molecular complexity index is 478. The van der Waals surface area contributed by atoms with Crippen LogP contribution in [0.5, 0.6) is 0 Å². The fraction of sp³-hybridized carbons (Fsp3) is 0.143. The van der Waals surface area contributed by atoms with Gasteiger partial charge in [-0.05, 0) is 12.1 Å². The molecule has 0 saturated heterocycles. The molecule has 1 aromatic rings. The van der Waals surface area contributed by atoms with E-state index in [9.17, 15) is 22.0 Å². The summed E-state index contributed by atoms with van der Waals surface area (Å²) in [6, 6.07) is 1.92. The van der Waals surface area contributed by atoms with Crippen molar-refractivity contribution in [3.63, 3.8) is 0 Å². The Hall–Kier alpha value is -0.600. The Morgan fingerprint density at radius 3 is 1.76 bits per heavy atom. The van der Waals surface area contributed by atoms with Crippen molar-refractivity contribution >= 4 is 29.6 Å². The maximum atomic E-state index is 12.4. The van der Waals surface area contributed by atoms with Crippen molar-refractivity contribution in [2.75, 3.05) is 0 Å². The van der Waals surface area contributed by atoms with Crippen LogP contribution in [0.15, 0.2) is 18.2 Å². The Labute approximate surface area is 102 Å². The Morgan fingerprint density at radius 1 is 1.06 bits per heavy atom. The molecule has 0 aliphatic carbocycles. The third-order valence-electron chi connectivity index (χ3n) is 1.26. The first-order valence-corrected chi connectivity index (χ1v) is 6.72. The molecule has 0 bridgehead atoms. The van der Waals surface area contributed by atoms with Crippen molar-refractivity contribution in [3.05, 3.63) is 35.4 Å². The zero-order valence-corrected chi connectivity index (χ0v) is 9.93. The minimum Gasteiger partial charge on any atom is -0.204 e. The normalized spacial score (nSPS) is 11.7. The molecule has 17 heavy (non-hydrogen) atoms. The van der Waals surface area contributed by atoms with Gasteiger partial charge in [-0.3, -0.25) is 0 Å². The quantitative estimate of drug-likeness (QED) is 0.540. The largest absolute Gasteiger partial charge is 0.419 e. The van der Waals surface area contributed by atoms with Crippen LogP contribution in [0.4, 0.5) is 22.0 Å². The third kappa shape index (κ3) is 7.35. The van der Waals surface area contributed by atoms with Crippen LogP contribution in [0.1, 0.15) is 5.56 Å². The fourth-order valence-corrected chi connectivity index (χ4v) is 0.723. The van der Waals surface area contributed by atoms with Crippen LogP contribution < -0.4 is 0 Å². The van der Waals surface area contributed by atoms with Crippen LogP contribution in [0.2, 0.25) is 0 Å². The molecule has 0 amide bonds. The summed E-state index contributed by atoms with van der Waals surface area (Å²) in [5, 5.41) is 0. The lowest BCUT2D eigenvalue weighted by Gasteiger charge is -2.06. The van der Waals surface area contributed by atoms with Gasteiger partial charge in [-0.1, -0.05) is 6.07 Å². The number of alkyl halides is 3. The van der Waals surface area contributed by atoms with E-state index in [1.807, 2.05) is 0 Å². The van der Waals surface area contributed by atoms with Crippen LogP contribution >= 0.6 is 21.4 Å². The summed E-state index contributed by atoms with van der Waals surface area (Å²) < 4.78 is 78.4. The number of halogens is 7. The van der Waals surface area contributed by atoms with Crippen LogP contribution in [-0.4, -0.2) is 8.42 Å². The van der Waals surface area contributed by atoms with E-state index in [4.69, 9.17) is 8.42 Å². The lowest BCUT2D eigenvalue weighted by Crippen LogP contribution is -2.08. The van der Waals surface area contributed by atoms with Gasteiger partial charge in [0.15, 0.2) is 11.6 Å². The summed E-state index contributed by atoms with van der Waals surface area (Å²) in [5.41, 5.74) is -1.58. The maximum Gasteiger partial charge on any atom is 0.419 e.